The predicted octanol–water partition coefficient (Wildman–Crippen LogP) is 2.24. The van der Waals surface area contributed by atoms with Crippen LogP contribution in [-0.2, 0) is 15.9 Å². The number of rotatable bonds is 3. The fourth-order valence-electron chi connectivity index (χ4n) is 2.00. The first-order chi connectivity index (χ1) is 8.54. The molecule has 6 heteroatoms. The normalized spacial score (nSPS) is 19.0. The van der Waals surface area contributed by atoms with Crippen LogP contribution in [0, 0.1) is 5.92 Å². The number of aromatic nitrogens is 1. The molecule has 2 heterocycles. The van der Waals surface area contributed by atoms with Gasteiger partial charge in [-0.3, -0.25) is 0 Å². The van der Waals surface area contributed by atoms with Crippen molar-refractivity contribution in [3.63, 3.8) is 0 Å². The third kappa shape index (κ3) is 2.84. The number of hydrogen-bond acceptors (Lipinski definition) is 3. The van der Waals surface area contributed by atoms with Crippen LogP contribution in [0.25, 0.3) is 0 Å². The van der Waals surface area contributed by atoms with E-state index in [2.05, 4.69) is 11.9 Å². The molecule has 18 heavy (non-hydrogen) atoms. The van der Waals surface area contributed by atoms with Gasteiger partial charge in [0, 0.05) is 25.2 Å². The maximum Gasteiger partial charge on any atom is 0.260 e. The van der Waals surface area contributed by atoms with E-state index in [1.807, 2.05) is 0 Å². The average molecular weight is 289 g/mol. The van der Waals surface area contributed by atoms with E-state index in [-0.39, 0.29) is 5.03 Å². The zero-order valence-corrected chi connectivity index (χ0v) is 11.9. The molecule has 1 saturated heterocycles. The molecule has 1 aliphatic heterocycles. The molecule has 1 aromatic heterocycles. The molecule has 0 aromatic carbocycles. The summed E-state index contributed by atoms with van der Waals surface area (Å²) in [5.41, 5.74) is 0.822. The Morgan fingerprint density at radius 1 is 1.39 bits per heavy atom. The smallest absolute Gasteiger partial charge is 0.243 e. The second-order valence-electron chi connectivity index (χ2n) is 4.72. The second-order valence-corrected chi connectivity index (χ2v) is 6.88. The van der Waals surface area contributed by atoms with Crippen molar-refractivity contribution in [2.75, 3.05) is 13.1 Å². The highest BCUT2D eigenvalue weighted by molar-refractivity contribution is 7.89. The SMILES string of the molecule is CC1CCN(S(=O)(=O)c2ccc(CCl)cn2)CC1. The third-order valence-corrected chi connectivity index (χ3v) is 5.42. The molecular weight excluding hydrogens is 272 g/mol. The zero-order valence-electron chi connectivity index (χ0n) is 10.3. The van der Waals surface area contributed by atoms with Crippen LogP contribution in [0.3, 0.4) is 0 Å². The minimum absolute atomic E-state index is 0.117. The fourth-order valence-corrected chi connectivity index (χ4v) is 3.54. The molecule has 0 spiro atoms. The number of alkyl halides is 1. The van der Waals surface area contributed by atoms with E-state index in [4.69, 9.17) is 11.6 Å². The van der Waals surface area contributed by atoms with Gasteiger partial charge in [-0.1, -0.05) is 13.0 Å². The Morgan fingerprint density at radius 2 is 2.06 bits per heavy atom. The summed E-state index contributed by atoms with van der Waals surface area (Å²) in [5.74, 6) is 0.942. The Hall–Kier alpha value is -0.650. The van der Waals surface area contributed by atoms with Gasteiger partial charge in [0.15, 0.2) is 5.03 Å². The molecule has 4 nitrogen and oxygen atoms in total. The minimum Gasteiger partial charge on any atom is -0.243 e. The lowest BCUT2D eigenvalue weighted by molar-refractivity contribution is 0.287. The van der Waals surface area contributed by atoms with Crippen LogP contribution >= 0.6 is 11.6 Å². The van der Waals surface area contributed by atoms with Crippen LogP contribution < -0.4 is 0 Å². The number of piperidine rings is 1. The van der Waals surface area contributed by atoms with Gasteiger partial charge in [0.2, 0.25) is 0 Å². The minimum atomic E-state index is -3.43. The van der Waals surface area contributed by atoms with Gasteiger partial charge in [-0.25, -0.2) is 13.4 Å². The summed E-state index contributed by atoms with van der Waals surface area (Å²) in [4.78, 5) is 4.00. The lowest BCUT2D eigenvalue weighted by Crippen LogP contribution is -2.38. The van der Waals surface area contributed by atoms with Gasteiger partial charge in [0.05, 0.1) is 0 Å². The van der Waals surface area contributed by atoms with E-state index in [0.29, 0.717) is 24.9 Å². The average Bonchev–Trinajstić information content (AvgIpc) is 2.39. The van der Waals surface area contributed by atoms with Crippen molar-refractivity contribution >= 4 is 21.6 Å². The number of halogens is 1. The second kappa shape index (κ2) is 5.55. The van der Waals surface area contributed by atoms with Crippen molar-refractivity contribution in [2.45, 2.75) is 30.7 Å². The monoisotopic (exact) mass is 288 g/mol. The summed E-state index contributed by atoms with van der Waals surface area (Å²) in [7, 11) is -3.43. The fraction of sp³-hybridized carbons (Fsp3) is 0.583. The summed E-state index contributed by atoms with van der Waals surface area (Å²) < 4.78 is 26.2. The molecule has 1 fully saturated rings. The van der Waals surface area contributed by atoms with Crippen molar-refractivity contribution in [3.8, 4) is 0 Å². The maximum atomic E-state index is 12.3. The van der Waals surface area contributed by atoms with E-state index in [1.165, 1.54) is 16.6 Å². The number of pyridine rings is 1. The molecule has 0 aliphatic carbocycles. The quantitative estimate of drug-likeness (QED) is 0.802. The van der Waals surface area contributed by atoms with E-state index in [9.17, 15) is 8.42 Å². The highest BCUT2D eigenvalue weighted by Gasteiger charge is 2.28. The van der Waals surface area contributed by atoms with Crippen LogP contribution in [0.4, 0.5) is 0 Å². The number of nitrogens with zero attached hydrogens (tertiary/aromatic N) is 2. The van der Waals surface area contributed by atoms with Crippen molar-refractivity contribution in [1.82, 2.24) is 9.29 Å². The van der Waals surface area contributed by atoms with Gasteiger partial charge in [0.1, 0.15) is 0 Å². The highest BCUT2D eigenvalue weighted by Crippen LogP contribution is 2.22. The molecule has 0 saturated carbocycles. The zero-order chi connectivity index (χ0) is 13.2. The molecule has 0 bridgehead atoms. The summed E-state index contributed by atoms with van der Waals surface area (Å²) in [6, 6.07) is 3.24. The Morgan fingerprint density at radius 3 is 2.56 bits per heavy atom. The van der Waals surface area contributed by atoms with Gasteiger partial charge in [-0.2, -0.15) is 4.31 Å². The number of hydrogen-bond donors (Lipinski definition) is 0. The first kappa shape index (κ1) is 13.8. The van der Waals surface area contributed by atoms with Crippen LogP contribution in [-0.4, -0.2) is 30.8 Å². The van der Waals surface area contributed by atoms with Gasteiger partial charge in [0.25, 0.3) is 10.0 Å². The van der Waals surface area contributed by atoms with Crippen LogP contribution in [0.15, 0.2) is 23.4 Å². The molecule has 0 atom stereocenters. The Bertz CT molecular complexity index is 493. The van der Waals surface area contributed by atoms with E-state index >= 15 is 0 Å². The Balaban J connectivity index is 2.19. The molecule has 1 aromatic rings. The maximum absolute atomic E-state index is 12.3. The summed E-state index contributed by atoms with van der Waals surface area (Å²) in [6.07, 6.45) is 3.35. The molecule has 0 unspecified atom stereocenters. The van der Waals surface area contributed by atoms with E-state index < -0.39 is 10.0 Å². The van der Waals surface area contributed by atoms with Crippen LogP contribution in [0.2, 0.25) is 0 Å². The van der Waals surface area contributed by atoms with Crippen molar-refractivity contribution in [3.05, 3.63) is 23.9 Å². The number of sulfonamides is 1. The van der Waals surface area contributed by atoms with E-state index in [0.717, 1.165) is 18.4 Å². The van der Waals surface area contributed by atoms with E-state index in [1.54, 1.807) is 6.07 Å². The lowest BCUT2D eigenvalue weighted by atomic mass is 10.0. The van der Waals surface area contributed by atoms with Crippen molar-refractivity contribution in [2.24, 2.45) is 5.92 Å². The Kier molecular flexibility index (Phi) is 4.25. The van der Waals surface area contributed by atoms with Gasteiger partial charge in [-0.15, -0.1) is 11.6 Å². The standard InChI is InChI=1S/C12H17ClN2O2S/c1-10-4-6-15(7-5-10)18(16,17)12-3-2-11(8-13)9-14-12/h2-3,9-10H,4-8H2,1H3. The summed E-state index contributed by atoms with van der Waals surface area (Å²) in [5, 5.41) is 0.117. The van der Waals surface area contributed by atoms with Crippen LogP contribution in [0.5, 0.6) is 0 Å². The Labute approximate surface area is 113 Å². The summed E-state index contributed by atoms with van der Waals surface area (Å²) >= 11 is 5.66. The first-order valence-electron chi connectivity index (χ1n) is 6.05. The highest BCUT2D eigenvalue weighted by atomic mass is 35.5. The molecular formula is C12H17ClN2O2S. The topological polar surface area (TPSA) is 50.3 Å². The predicted molar refractivity (Wildman–Crippen MR) is 71.0 cm³/mol. The lowest BCUT2D eigenvalue weighted by Gasteiger charge is -2.28. The van der Waals surface area contributed by atoms with Gasteiger partial charge in [-0.05, 0) is 30.4 Å². The molecule has 0 N–H and O–H groups in total. The molecule has 1 aliphatic rings. The van der Waals surface area contributed by atoms with Gasteiger partial charge >= 0.3 is 0 Å². The third-order valence-electron chi connectivity index (χ3n) is 3.30. The molecule has 0 amide bonds. The van der Waals surface area contributed by atoms with Crippen LogP contribution in [0.1, 0.15) is 25.3 Å². The summed E-state index contributed by atoms with van der Waals surface area (Å²) in [6.45, 7) is 3.32. The molecule has 0 radical (unpaired) electrons. The van der Waals surface area contributed by atoms with Crippen molar-refractivity contribution < 1.29 is 8.42 Å². The van der Waals surface area contributed by atoms with Crippen molar-refractivity contribution in [1.29, 1.82) is 0 Å². The molecule has 2 rings (SSSR count). The largest absolute Gasteiger partial charge is 0.260 e. The first-order valence-corrected chi connectivity index (χ1v) is 8.02. The van der Waals surface area contributed by atoms with Gasteiger partial charge < -0.3 is 0 Å². The molecule has 100 valence electrons.